The molecule has 2 heterocycles. The maximum absolute atomic E-state index is 6.10. The number of hydrogen-bond acceptors (Lipinski definition) is 5. The summed E-state index contributed by atoms with van der Waals surface area (Å²) in [7, 11) is 0. The average Bonchev–Trinajstić information content (AvgIpc) is 2.66. The van der Waals surface area contributed by atoms with Gasteiger partial charge in [-0.15, -0.1) is 5.10 Å². The summed E-state index contributed by atoms with van der Waals surface area (Å²) >= 11 is 8.27. The molecule has 0 saturated carbocycles. The smallest absolute Gasteiger partial charge is 0.161 e. The van der Waals surface area contributed by atoms with Crippen LogP contribution in [0, 0.1) is 3.57 Å². The van der Waals surface area contributed by atoms with Crippen LogP contribution in [0.5, 0.6) is 0 Å². The lowest BCUT2D eigenvalue weighted by atomic mass is 10.0. The Balaban J connectivity index is 1.81. The van der Waals surface area contributed by atoms with Crippen molar-refractivity contribution in [3.63, 3.8) is 0 Å². The standard InChI is InChI=1S/C20H15ClIN5/c21-13-1-3-15(4-2-13)25-20-16-10-14(23)11-17(22)19(16)18(26-27-20)9-12-5-7-24-8-6-12/h1-8,10-11H,9,23H2,(H,25,27). The molecule has 134 valence electrons. The van der Waals surface area contributed by atoms with Crippen LogP contribution in [-0.2, 0) is 6.42 Å². The molecule has 2 aromatic heterocycles. The molecule has 0 spiro atoms. The van der Waals surface area contributed by atoms with Crippen LogP contribution in [0.3, 0.4) is 0 Å². The maximum atomic E-state index is 6.10. The summed E-state index contributed by atoms with van der Waals surface area (Å²) in [6.07, 6.45) is 4.24. The average molecular weight is 488 g/mol. The Labute approximate surface area is 175 Å². The Morgan fingerprint density at radius 1 is 1.00 bits per heavy atom. The van der Waals surface area contributed by atoms with E-state index >= 15 is 0 Å². The van der Waals surface area contributed by atoms with E-state index in [0.29, 0.717) is 22.9 Å². The third-order valence-electron chi connectivity index (χ3n) is 4.15. The first kappa shape index (κ1) is 17.9. The third-order valence-corrected chi connectivity index (χ3v) is 5.26. The van der Waals surface area contributed by atoms with Crippen molar-refractivity contribution in [3.8, 4) is 0 Å². The highest BCUT2D eigenvalue weighted by Crippen LogP contribution is 2.32. The number of nitrogens with one attached hydrogen (secondary N) is 1. The predicted octanol–water partition coefficient (Wildman–Crippen LogP) is 5.20. The van der Waals surface area contributed by atoms with Crippen molar-refractivity contribution in [1.29, 1.82) is 0 Å². The topological polar surface area (TPSA) is 76.7 Å². The summed E-state index contributed by atoms with van der Waals surface area (Å²) in [6, 6.07) is 15.3. The Morgan fingerprint density at radius 2 is 1.74 bits per heavy atom. The first-order valence-electron chi connectivity index (χ1n) is 8.26. The van der Waals surface area contributed by atoms with Crippen LogP contribution in [0.4, 0.5) is 17.2 Å². The molecular weight excluding hydrogens is 473 g/mol. The van der Waals surface area contributed by atoms with Crippen molar-refractivity contribution < 1.29 is 0 Å². The lowest BCUT2D eigenvalue weighted by Crippen LogP contribution is -2.04. The molecule has 0 radical (unpaired) electrons. The van der Waals surface area contributed by atoms with Gasteiger partial charge in [-0.2, -0.15) is 5.10 Å². The van der Waals surface area contributed by atoms with E-state index in [1.165, 1.54) is 0 Å². The highest BCUT2D eigenvalue weighted by Gasteiger charge is 2.14. The van der Waals surface area contributed by atoms with E-state index in [-0.39, 0.29) is 0 Å². The van der Waals surface area contributed by atoms with Gasteiger partial charge in [-0.1, -0.05) is 11.6 Å². The largest absolute Gasteiger partial charge is 0.399 e. The molecule has 0 amide bonds. The van der Waals surface area contributed by atoms with Crippen LogP contribution in [0.1, 0.15) is 11.3 Å². The Bertz CT molecular complexity index is 1100. The summed E-state index contributed by atoms with van der Waals surface area (Å²) in [5.74, 6) is 0.663. The molecule has 0 aliphatic heterocycles. The first-order chi connectivity index (χ1) is 13.1. The van der Waals surface area contributed by atoms with Gasteiger partial charge in [0.1, 0.15) is 0 Å². The SMILES string of the molecule is Nc1cc(I)c2c(Cc3ccncc3)nnc(Nc3ccc(Cl)cc3)c2c1. The number of aromatic nitrogens is 3. The molecule has 0 saturated heterocycles. The highest BCUT2D eigenvalue weighted by molar-refractivity contribution is 14.1. The fourth-order valence-electron chi connectivity index (χ4n) is 2.90. The number of nitrogens with zero attached hydrogens (tertiary/aromatic N) is 3. The van der Waals surface area contributed by atoms with Gasteiger partial charge in [0.15, 0.2) is 5.82 Å². The number of halogens is 2. The molecule has 7 heteroatoms. The van der Waals surface area contributed by atoms with E-state index in [4.69, 9.17) is 17.3 Å². The number of rotatable bonds is 4. The van der Waals surface area contributed by atoms with Crippen molar-refractivity contribution >= 4 is 62.2 Å². The maximum Gasteiger partial charge on any atom is 0.161 e. The van der Waals surface area contributed by atoms with Crippen molar-refractivity contribution in [1.82, 2.24) is 15.2 Å². The highest BCUT2D eigenvalue weighted by atomic mass is 127. The van der Waals surface area contributed by atoms with Gasteiger partial charge in [0.25, 0.3) is 0 Å². The fraction of sp³-hybridized carbons (Fsp3) is 0.0500. The lowest BCUT2D eigenvalue weighted by Gasteiger charge is -2.13. The number of pyridine rings is 1. The summed E-state index contributed by atoms with van der Waals surface area (Å²) in [5, 5.41) is 14.9. The molecule has 4 rings (SSSR count). The van der Waals surface area contributed by atoms with Crippen LogP contribution in [0.15, 0.2) is 60.9 Å². The van der Waals surface area contributed by atoms with E-state index < -0.39 is 0 Å². The van der Waals surface area contributed by atoms with Crippen LogP contribution in [0.2, 0.25) is 5.02 Å². The van der Waals surface area contributed by atoms with Crippen LogP contribution in [-0.4, -0.2) is 15.2 Å². The van der Waals surface area contributed by atoms with Gasteiger partial charge in [0.05, 0.1) is 5.69 Å². The second-order valence-corrected chi connectivity index (χ2v) is 7.68. The second kappa shape index (κ2) is 7.66. The Morgan fingerprint density at radius 3 is 2.48 bits per heavy atom. The zero-order valence-electron chi connectivity index (χ0n) is 14.2. The summed E-state index contributed by atoms with van der Waals surface area (Å²) in [4.78, 5) is 4.07. The molecular formula is C20H15ClIN5. The van der Waals surface area contributed by atoms with Gasteiger partial charge in [-0.05, 0) is 76.7 Å². The third kappa shape index (κ3) is 3.96. The van der Waals surface area contributed by atoms with Gasteiger partial charge in [-0.3, -0.25) is 4.98 Å². The van der Waals surface area contributed by atoms with Crippen molar-refractivity contribution in [2.24, 2.45) is 0 Å². The van der Waals surface area contributed by atoms with E-state index in [0.717, 1.165) is 31.3 Å². The summed E-state index contributed by atoms with van der Waals surface area (Å²) in [6.45, 7) is 0. The minimum Gasteiger partial charge on any atom is -0.399 e. The van der Waals surface area contributed by atoms with E-state index in [1.807, 2.05) is 48.5 Å². The fourth-order valence-corrected chi connectivity index (χ4v) is 3.99. The van der Waals surface area contributed by atoms with E-state index in [9.17, 15) is 0 Å². The summed E-state index contributed by atoms with van der Waals surface area (Å²) in [5.41, 5.74) is 9.71. The Hall–Kier alpha value is -2.45. The molecule has 5 nitrogen and oxygen atoms in total. The molecule has 0 aliphatic rings. The first-order valence-corrected chi connectivity index (χ1v) is 9.71. The molecule has 0 aliphatic carbocycles. The normalized spacial score (nSPS) is 10.9. The number of fused-ring (bicyclic) bond motifs is 1. The number of benzene rings is 2. The number of hydrogen-bond donors (Lipinski definition) is 2. The monoisotopic (exact) mass is 487 g/mol. The van der Waals surface area contributed by atoms with Gasteiger partial charge in [-0.25, -0.2) is 0 Å². The summed E-state index contributed by atoms with van der Waals surface area (Å²) < 4.78 is 1.04. The second-order valence-electron chi connectivity index (χ2n) is 6.08. The molecule has 0 bridgehead atoms. The minimum absolute atomic E-state index is 0.663. The number of nitrogen functional groups attached to an aromatic ring is 1. The van der Waals surface area contributed by atoms with Crippen LogP contribution in [0.25, 0.3) is 10.8 Å². The van der Waals surface area contributed by atoms with Gasteiger partial charge in [0, 0.05) is 49.6 Å². The Kier molecular flexibility index (Phi) is 5.09. The van der Waals surface area contributed by atoms with Gasteiger partial charge in [0.2, 0.25) is 0 Å². The van der Waals surface area contributed by atoms with E-state index in [1.54, 1.807) is 12.4 Å². The molecule has 0 unspecified atom stereocenters. The quantitative estimate of drug-likeness (QED) is 0.306. The minimum atomic E-state index is 0.663. The lowest BCUT2D eigenvalue weighted by molar-refractivity contribution is 0.960. The molecule has 0 atom stereocenters. The number of anilines is 3. The van der Waals surface area contributed by atoms with Crippen LogP contribution >= 0.6 is 34.2 Å². The van der Waals surface area contributed by atoms with E-state index in [2.05, 4.69) is 43.1 Å². The van der Waals surface area contributed by atoms with Crippen molar-refractivity contribution in [3.05, 3.63) is 80.8 Å². The zero-order valence-corrected chi connectivity index (χ0v) is 17.1. The molecule has 27 heavy (non-hydrogen) atoms. The predicted molar refractivity (Wildman–Crippen MR) is 118 cm³/mol. The molecule has 0 fully saturated rings. The van der Waals surface area contributed by atoms with Crippen molar-refractivity contribution in [2.75, 3.05) is 11.1 Å². The van der Waals surface area contributed by atoms with Crippen molar-refractivity contribution in [2.45, 2.75) is 6.42 Å². The number of nitrogens with two attached hydrogens (primary N) is 1. The van der Waals surface area contributed by atoms with Gasteiger partial charge >= 0.3 is 0 Å². The van der Waals surface area contributed by atoms with Gasteiger partial charge < -0.3 is 11.1 Å². The zero-order chi connectivity index (χ0) is 18.8. The molecule has 4 aromatic rings. The molecule has 2 aromatic carbocycles. The van der Waals surface area contributed by atoms with Crippen LogP contribution < -0.4 is 11.1 Å². The molecule has 3 N–H and O–H groups in total.